The number of fused-ring (bicyclic) bond motifs is 2. The molecule has 2 fully saturated rings. The molecule has 1 aliphatic heterocycles. The lowest BCUT2D eigenvalue weighted by molar-refractivity contribution is -0.122. The van der Waals surface area contributed by atoms with Gasteiger partial charge in [-0.05, 0) is 49.2 Å². The minimum atomic E-state index is -0.683. The molecule has 4 unspecified atom stereocenters. The van der Waals surface area contributed by atoms with Crippen molar-refractivity contribution in [2.24, 2.45) is 11.8 Å². The summed E-state index contributed by atoms with van der Waals surface area (Å²) in [5.74, 6) is -2.05. The molecule has 2 aliphatic rings. The Hall–Kier alpha value is -3.40. The Labute approximate surface area is 263 Å². The largest absolute Gasteiger partial charge is 0.454 e. The number of ether oxygens (including phenoxy) is 1. The van der Waals surface area contributed by atoms with Gasteiger partial charge in [0.2, 0.25) is 11.8 Å². The fourth-order valence-electron chi connectivity index (χ4n) is 5.56. The maximum absolute atomic E-state index is 13.2. The second-order valence-corrected chi connectivity index (χ2v) is 13.1. The first-order valence-corrected chi connectivity index (χ1v) is 15.5. The molecule has 4 aromatic rings. The number of esters is 1. The number of hydrogen-bond acceptors (Lipinski definition) is 6. The van der Waals surface area contributed by atoms with Crippen molar-refractivity contribution in [3.05, 3.63) is 95.0 Å². The number of amides is 2. The van der Waals surface area contributed by atoms with Gasteiger partial charge in [-0.25, -0.2) is 9.78 Å². The maximum Gasteiger partial charge on any atom is 0.339 e. The number of anilines is 1. The van der Waals surface area contributed by atoms with Gasteiger partial charge in [0.1, 0.15) is 0 Å². The van der Waals surface area contributed by atoms with Gasteiger partial charge in [-0.2, -0.15) is 0 Å². The van der Waals surface area contributed by atoms with Crippen molar-refractivity contribution in [2.75, 3.05) is 11.5 Å². The smallest absolute Gasteiger partial charge is 0.339 e. The molecule has 212 valence electrons. The maximum atomic E-state index is 13.2. The summed E-state index contributed by atoms with van der Waals surface area (Å²) in [6.45, 7) is -0.414. The van der Waals surface area contributed by atoms with E-state index in [1.807, 2.05) is 0 Å². The molecule has 1 aliphatic carbocycles. The summed E-state index contributed by atoms with van der Waals surface area (Å²) < 4.78 is 5.41. The van der Waals surface area contributed by atoms with Crippen LogP contribution in [0.4, 0.5) is 5.69 Å². The van der Waals surface area contributed by atoms with E-state index >= 15 is 0 Å². The zero-order valence-electron chi connectivity index (χ0n) is 22.0. The molecule has 0 N–H and O–H groups in total. The van der Waals surface area contributed by atoms with Crippen molar-refractivity contribution < 1.29 is 23.9 Å². The van der Waals surface area contributed by atoms with E-state index in [0.29, 0.717) is 51.3 Å². The van der Waals surface area contributed by atoms with Crippen molar-refractivity contribution in [1.82, 2.24) is 4.98 Å². The summed E-state index contributed by atoms with van der Waals surface area (Å²) in [5, 5.41) is 0.917. The van der Waals surface area contributed by atoms with Crippen molar-refractivity contribution >= 4 is 83.6 Å². The average molecular weight is 711 g/mol. The van der Waals surface area contributed by atoms with E-state index in [0.717, 1.165) is 0 Å². The number of carbonyl (C=O) groups excluding carboxylic acids is 4. The second-order valence-electron chi connectivity index (χ2n) is 10.4. The molecular formula is C32H23Br2ClN2O5. The summed E-state index contributed by atoms with van der Waals surface area (Å²) in [5.41, 5.74) is 2.82. The van der Waals surface area contributed by atoms with E-state index in [4.69, 9.17) is 21.3 Å². The standard InChI is InChI=1S/C32H23Br2ClN2O5/c33-25-13-22-23(14-26(25)34)31(40)37(30(22)39)20-9-6-17(7-10-20)28-15-24(21-12-19(35)8-11-27(21)36-28)32(41)42-16-29(38)18-4-2-1-3-5-18/h1-12,15,22-23,25-26H,13-14,16H2. The number of halogens is 3. The number of pyridine rings is 1. The van der Waals surface area contributed by atoms with Crippen LogP contribution in [0.15, 0.2) is 78.9 Å². The topological polar surface area (TPSA) is 93.6 Å². The van der Waals surface area contributed by atoms with Crippen LogP contribution in [0.1, 0.15) is 33.6 Å². The molecule has 10 heteroatoms. The van der Waals surface area contributed by atoms with E-state index < -0.39 is 12.6 Å². The predicted octanol–water partition coefficient (Wildman–Crippen LogP) is 7.02. The van der Waals surface area contributed by atoms with Crippen LogP contribution < -0.4 is 4.90 Å². The normalized spacial score (nSPS) is 21.8. The van der Waals surface area contributed by atoms with E-state index in [2.05, 4.69) is 31.9 Å². The quantitative estimate of drug-likeness (QED) is 0.0925. The van der Waals surface area contributed by atoms with Gasteiger partial charge >= 0.3 is 5.97 Å². The summed E-state index contributed by atoms with van der Waals surface area (Å²) in [6, 6.07) is 22.2. The first kappa shape index (κ1) is 28.7. The van der Waals surface area contributed by atoms with Crippen molar-refractivity contribution in [2.45, 2.75) is 22.5 Å². The third-order valence-corrected chi connectivity index (χ3v) is 10.7. The Morgan fingerprint density at radius 3 is 2.17 bits per heavy atom. The second kappa shape index (κ2) is 11.7. The van der Waals surface area contributed by atoms with E-state index in [1.165, 1.54) is 4.90 Å². The third kappa shape index (κ3) is 5.41. The SMILES string of the molecule is O=C(COC(=O)c1cc(-c2ccc(N3C(=O)C4CC(Br)C(Br)CC4C3=O)cc2)nc2ccc(Cl)cc12)c1ccccc1. The van der Waals surface area contributed by atoms with Gasteiger partial charge in [-0.15, -0.1) is 0 Å². The number of Topliss-reactive ketones (excluding diaryl/α,β-unsaturated/α-hetero) is 1. The summed E-state index contributed by atoms with van der Waals surface area (Å²) >= 11 is 13.5. The Morgan fingerprint density at radius 2 is 1.52 bits per heavy atom. The highest BCUT2D eigenvalue weighted by atomic mass is 79.9. The van der Waals surface area contributed by atoms with E-state index in [1.54, 1.807) is 78.9 Å². The summed E-state index contributed by atoms with van der Waals surface area (Å²) in [6.07, 6.45) is 1.20. The molecule has 1 saturated heterocycles. The highest BCUT2D eigenvalue weighted by molar-refractivity contribution is 9.12. The molecule has 4 atom stereocenters. The van der Waals surface area contributed by atoms with Crippen LogP contribution in [-0.2, 0) is 14.3 Å². The number of aromatic nitrogens is 1. The Kier molecular flexibility index (Phi) is 8.00. The summed E-state index contributed by atoms with van der Waals surface area (Å²) in [7, 11) is 0. The van der Waals surface area contributed by atoms with Gasteiger partial charge in [0.15, 0.2) is 12.4 Å². The lowest BCUT2D eigenvalue weighted by Crippen LogP contribution is -2.34. The number of hydrogen-bond donors (Lipinski definition) is 0. The highest BCUT2D eigenvalue weighted by Gasteiger charge is 2.52. The average Bonchev–Trinajstić information content (AvgIpc) is 3.24. The lowest BCUT2D eigenvalue weighted by atomic mass is 9.81. The monoisotopic (exact) mass is 708 g/mol. The minimum absolute atomic E-state index is 0.129. The fourth-order valence-corrected chi connectivity index (χ4v) is 6.97. The zero-order valence-corrected chi connectivity index (χ0v) is 25.9. The highest BCUT2D eigenvalue weighted by Crippen LogP contribution is 2.44. The molecule has 2 amide bonds. The number of alkyl halides is 2. The molecule has 1 saturated carbocycles. The number of nitrogens with zero attached hydrogens (tertiary/aromatic N) is 2. The van der Waals surface area contributed by atoms with Crippen LogP contribution in [0, 0.1) is 11.8 Å². The van der Waals surface area contributed by atoms with Crippen molar-refractivity contribution in [1.29, 1.82) is 0 Å². The van der Waals surface area contributed by atoms with E-state index in [9.17, 15) is 19.2 Å². The zero-order chi connectivity index (χ0) is 29.5. The van der Waals surface area contributed by atoms with Crippen LogP contribution in [0.2, 0.25) is 5.02 Å². The third-order valence-electron chi connectivity index (χ3n) is 7.75. The fraction of sp³-hybridized carbons (Fsp3) is 0.219. The molecule has 2 heterocycles. The van der Waals surface area contributed by atoms with Crippen LogP contribution in [0.5, 0.6) is 0 Å². The van der Waals surface area contributed by atoms with E-state index in [-0.39, 0.29) is 44.7 Å². The molecule has 1 aromatic heterocycles. The molecular weight excluding hydrogens is 688 g/mol. The molecule has 0 spiro atoms. The lowest BCUT2D eigenvalue weighted by Gasteiger charge is -2.29. The number of ketones is 1. The van der Waals surface area contributed by atoms with Gasteiger partial charge in [-0.3, -0.25) is 19.3 Å². The predicted molar refractivity (Wildman–Crippen MR) is 167 cm³/mol. The van der Waals surface area contributed by atoms with Crippen molar-refractivity contribution in [3.8, 4) is 11.3 Å². The number of carbonyl (C=O) groups is 4. The van der Waals surface area contributed by atoms with Gasteiger partial charge in [0.25, 0.3) is 0 Å². The van der Waals surface area contributed by atoms with Crippen LogP contribution in [0.25, 0.3) is 22.2 Å². The van der Waals surface area contributed by atoms with Gasteiger partial charge < -0.3 is 4.74 Å². The molecule has 0 radical (unpaired) electrons. The van der Waals surface area contributed by atoms with Gasteiger partial charge in [0, 0.05) is 31.2 Å². The summed E-state index contributed by atoms with van der Waals surface area (Å²) in [4.78, 5) is 58.4. The first-order valence-electron chi connectivity index (χ1n) is 13.3. The molecule has 42 heavy (non-hydrogen) atoms. The van der Waals surface area contributed by atoms with Crippen LogP contribution in [-0.4, -0.2) is 44.8 Å². The number of rotatable bonds is 6. The number of imide groups is 1. The van der Waals surface area contributed by atoms with Crippen LogP contribution in [0.3, 0.4) is 0 Å². The van der Waals surface area contributed by atoms with Gasteiger partial charge in [0.05, 0.1) is 34.3 Å². The Balaban J connectivity index is 1.28. The Morgan fingerprint density at radius 1 is 0.881 bits per heavy atom. The number of benzene rings is 3. The Bertz CT molecular complexity index is 1700. The first-order chi connectivity index (χ1) is 20.2. The van der Waals surface area contributed by atoms with Gasteiger partial charge in [-0.1, -0.05) is 85.9 Å². The van der Waals surface area contributed by atoms with Crippen molar-refractivity contribution in [3.63, 3.8) is 0 Å². The molecule has 6 rings (SSSR count). The molecule has 7 nitrogen and oxygen atoms in total. The molecule has 0 bridgehead atoms. The minimum Gasteiger partial charge on any atom is -0.454 e. The van der Waals surface area contributed by atoms with Crippen LogP contribution >= 0.6 is 43.5 Å². The molecule has 3 aromatic carbocycles.